The molecular formula is C23H23Cl2FN6O3. The zero-order valence-electron chi connectivity index (χ0n) is 19.2. The number of carbonyl (C=O) groups is 2. The van der Waals surface area contributed by atoms with Gasteiger partial charge in [0.1, 0.15) is 17.1 Å². The van der Waals surface area contributed by atoms with Crippen molar-refractivity contribution in [2.75, 3.05) is 6.61 Å². The predicted molar refractivity (Wildman–Crippen MR) is 128 cm³/mol. The summed E-state index contributed by atoms with van der Waals surface area (Å²) in [7, 11) is 1.59. The number of benzene rings is 1. The monoisotopic (exact) mass is 520 g/mol. The van der Waals surface area contributed by atoms with Crippen molar-refractivity contribution < 1.29 is 18.7 Å². The van der Waals surface area contributed by atoms with Crippen molar-refractivity contribution in [2.24, 2.45) is 7.05 Å². The Hall–Kier alpha value is -3.24. The molecule has 1 atom stereocenters. The van der Waals surface area contributed by atoms with Gasteiger partial charge in [0.2, 0.25) is 5.91 Å². The quantitative estimate of drug-likeness (QED) is 0.466. The molecule has 0 saturated heterocycles. The van der Waals surface area contributed by atoms with E-state index < -0.39 is 29.2 Å². The highest BCUT2D eigenvalue weighted by molar-refractivity contribution is 6.36. The summed E-state index contributed by atoms with van der Waals surface area (Å²) in [5, 5.41) is 13.9. The first-order chi connectivity index (χ1) is 16.6. The topological polar surface area (TPSA) is 111 Å². The number of aryl methyl sites for hydroxylation is 1. The van der Waals surface area contributed by atoms with E-state index in [0.29, 0.717) is 46.4 Å². The van der Waals surface area contributed by atoms with Crippen molar-refractivity contribution in [3.05, 3.63) is 57.8 Å². The first-order valence-corrected chi connectivity index (χ1v) is 11.7. The van der Waals surface area contributed by atoms with Gasteiger partial charge in [0, 0.05) is 29.4 Å². The van der Waals surface area contributed by atoms with Crippen LogP contribution in [0.5, 0.6) is 5.75 Å². The van der Waals surface area contributed by atoms with E-state index >= 15 is 4.39 Å². The predicted octanol–water partition coefficient (Wildman–Crippen LogP) is 3.86. The van der Waals surface area contributed by atoms with E-state index in [4.69, 9.17) is 27.9 Å². The minimum Gasteiger partial charge on any atom is -0.492 e. The third-order valence-electron chi connectivity index (χ3n) is 5.61. The number of carbonyl (C=O) groups excluding carboxylic acids is 2. The summed E-state index contributed by atoms with van der Waals surface area (Å²) >= 11 is 12.4. The lowest BCUT2D eigenvalue weighted by molar-refractivity contribution is -0.124. The number of nitrogens with zero attached hydrogens (tertiary/aromatic N) is 4. The molecule has 9 nitrogen and oxygen atoms in total. The first kappa shape index (κ1) is 24.9. The van der Waals surface area contributed by atoms with Crippen LogP contribution in [0, 0.1) is 5.82 Å². The number of rotatable bonds is 8. The highest BCUT2D eigenvalue weighted by Gasteiger charge is 2.52. The van der Waals surface area contributed by atoms with E-state index in [0.717, 1.165) is 0 Å². The fourth-order valence-electron chi connectivity index (χ4n) is 3.65. The van der Waals surface area contributed by atoms with Crippen LogP contribution in [0.2, 0.25) is 10.0 Å². The van der Waals surface area contributed by atoms with Crippen molar-refractivity contribution in [1.29, 1.82) is 0 Å². The molecule has 1 saturated carbocycles. The average molecular weight is 521 g/mol. The van der Waals surface area contributed by atoms with Crippen LogP contribution in [0.25, 0.3) is 11.1 Å². The Bertz CT molecular complexity index is 1290. The Morgan fingerprint density at radius 3 is 2.60 bits per heavy atom. The van der Waals surface area contributed by atoms with Gasteiger partial charge in [-0.2, -0.15) is 9.90 Å². The molecule has 3 aromatic rings. The molecule has 0 radical (unpaired) electrons. The van der Waals surface area contributed by atoms with Crippen LogP contribution in [0.1, 0.15) is 48.9 Å². The van der Waals surface area contributed by atoms with Gasteiger partial charge in [0.25, 0.3) is 5.91 Å². The van der Waals surface area contributed by atoms with Crippen LogP contribution in [0.15, 0.2) is 30.6 Å². The third-order valence-corrected chi connectivity index (χ3v) is 6.10. The molecule has 1 fully saturated rings. The van der Waals surface area contributed by atoms with Crippen molar-refractivity contribution in [3.63, 3.8) is 0 Å². The van der Waals surface area contributed by atoms with Gasteiger partial charge in [0.05, 0.1) is 29.6 Å². The molecule has 184 valence electrons. The van der Waals surface area contributed by atoms with Crippen LogP contribution in [-0.2, 0) is 11.8 Å². The Labute approximate surface area is 211 Å². The molecule has 0 aliphatic heterocycles. The fraction of sp³-hybridized carbons (Fsp3) is 0.348. The molecule has 1 aromatic carbocycles. The summed E-state index contributed by atoms with van der Waals surface area (Å²) in [6.45, 7) is 3.79. The molecule has 2 amide bonds. The second-order valence-corrected chi connectivity index (χ2v) is 9.08. The van der Waals surface area contributed by atoms with E-state index in [1.165, 1.54) is 23.3 Å². The van der Waals surface area contributed by atoms with Crippen LogP contribution in [-0.4, -0.2) is 43.9 Å². The van der Waals surface area contributed by atoms with Crippen LogP contribution >= 0.6 is 23.2 Å². The number of pyridine rings is 1. The Balaban J connectivity index is 1.50. The fourth-order valence-corrected chi connectivity index (χ4v) is 4.20. The van der Waals surface area contributed by atoms with Gasteiger partial charge < -0.3 is 15.4 Å². The summed E-state index contributed by atoms with van der Waals surface area (Å²) in [6.07, 6.45) is 3.70. The van der Waals surface area contributed by atoms with Gasteiger partial charge in [-0.05, 0) is 44.9 Å². The van der Waals surface area contributed by atoms with E-state index in [2.05, 4.69) is 25.8 Å². The number of nitrogens with one attached hydrogen (secondary N) is 2. The Morgan fingerprint density at radius 2 is 2.00 bits per heavy atom. The summed E-state index contributed by atoms with van der Waals surface area (Å²) in [5.74, 6) is -1.17. The molecular weight excluding hydrogens is 498 g/mol. The summed E-state index contributed by atoms with van der Waals surface area (Å²) in [6, 6.07) is 3.70. The van der Waals surface area contributed by atoms with Gasteiger partial charge in [-0.25, -0.2) is 4.39 Å². The van der Waals surface area contributed by atoms with Gasteiger partial charge in [0.15, 0.2) is 5.69 Å². The van der Waals surface area contributed by atoms with Crippen LogP contribution < -0.4 is 15.4 Å². The Kier molecular flexibility index (Phi) is 6.95. The third kappa shape index (κ3) is 5.23. The molecule has 2 N–H and O–H groups in total. The SMILES string of the molecule is CCOc1c(Cl)cc(Cl)cc1-c1cnc([C@@H](C)NC(=O)C2(NC(=O)c3cnn(C)n3)CC2)c(F)c1. The van der Waals surface area contributed by atoms with Gasteiger partial charge in [-0.15, -0.1) is 5.10 Å². The maximum atomic E-state index is 15.1. The zero-order chi connectivity index (χ0) is 25.3. The Morgan fingerprint density at radius 1 is 1.26 bits per heavy atom. The number of halogens is 3. The molecule has 0 bridgehead atoms. The minimum absolute atomic E-state index is 0.0456. The van der Waals surface area contributed by atoms with Gasteiger partial charge >= 0.3 is 0 Å². The van der Waals surface area contributed by atoms with Crippen molar-refractivity contribution >= 4 is 35.0 Å². The van der Waals surface area contributed by atoms with E-state index in [9.17, 15) is 9.59 Å². The highest BCUT2D eigenvalue weighted by atomic mass is 35.5. The lowest BCUT2D eigenvalue weighted by Gasteiger charge is -2.21. The van der Waals surface area contributed by atoms with Crippen molar-refractivity contribution in [1.82, 2.24) is 30.6 Å². The zero-order valence-corrected chi connectivity index (χ0v) is 20.7. The number of hydrogen-bond acceptors (Lipinski definition) is 6. The molecule has 2 heterocycles. The average Bonchev–Trinajstić information content (AvgIpc) is 3.45. The second kappa shape index (κ2) is 9.79. The molecule has 0 spiro atoms. The number of aromatic nitrogens is 4. The molecule has 4 rings (SSSR count). The smallest absolute Gasteiger partial charge is 0.274 e. The van der Waals surface area contributed by atoms with E-state index in [1.54, 1.807) is 26.1 Å². The van der Waals surface area contributed by atoms with Crippen LogP contribution in [0.4, 0.5) is 4.39 Å². The lowest BCUT2D eigenvalue weighted by Crippen LogP contribution is -2.49. The number of amides is 2. The highest BCUT2D eigenvalue weighted by Crippen LogP contribution is 2.40. The number of hydrogen-bond donors (Lipinski definition) is 2. The largest absolute Gasteiger partial charge is 0.492 e. The summed E-state index contributed by atoms with van der Waals surface area (Å²) < 4.78 is 20.7. The standard InChI is InChI=1S/C23H23Cl2FN6O3/c1-4-35-20-15(8-14(24)9-16(20)25)13-7-17(26)19(27-10-13)12(2)29-22(34)23(5-6-23)30-21(33)18-11-28-32(3)31-18/h7-12H,4-6H2,1-3H3,(H,29,34)(H,30,33)/t12-/m1/s1. The van der Waals surface area contributed by atoms with Gasteiger partial charge in [-0.1, -0.05) is 23.2 Å². The first-order valence-electron chi connectivity index (χ1n) is 10.9. The van der Waals surface area contributed by atoms with E-state index in [-0.39, 0.29) is 11.4 Å². The van der Waals surface area contributed by atoms with Gasteiger partial charge in [-0.3, -0.25) is 14.6 Å². The lowest BCUT2D eigenvalue weighted by atomic mass is 10.0. The maximum absolute atomic E-state index is 15.1. The molecule has 12 heteroatoms. The van der Waals surface area contributed by atoms with Crippen molar-refractivity contribution in [2.45, 2.75) is 38.3 Å². The normalized spacial score (nSPS) is 14.8. The molecule has 35 heavy (non-hydrogen) atoms. The molecule has 0 unspecified atom stereocenters. The molecule has 2 aromatic heterocycles. The second-order valence-electron chi connectivity index (χ2n) is 8.24. The van der Waals surface area contributed by atoms with Crippen molar-refractivity contribution in [3.8, 4) is 16.9 Å². The summed E-state index contributed by atoms with van der Waals surface area (Å²) in [5.41, 5.74) is 0.0123. The maximum Gasteiger partial charge on any atom is 0.274 e. The van der Waals surface area contributed by atoms with Crippen LogP contribution in [0.3, 0.4) is 0 Å². The number of ether oxygens (including phenoxy) is 1. The molecule has 1 aliphatic rings. The van der Waals surface area contributed by atoms with E-state index in [1.807, 2.05) is 6.92 Å². The minimum atomic E-state index is -1.07. The molecule has 1 aliphatic carbocycles. The summed E-state index contributed by atoms with van der Waals surface area (Å²) in [4.78, 5) is 30.8.